The van der Waals surface area contributed by atoms with Gasteiger partial charge in [0.1, 0.15) is 11.3 Å². The van der Waals surface area contributed by atoms with Gasteiger partial charge in [0.25, 0.3) is 0 Å². The second-order valence-corrected chi connectivity index (χ2v) is 5.15. The van der Waals surface area contributed by atoms with Crippen LogP contribution in [0.3, 0.4) is 0 Å². The highest BCUT2D eigenvalue weighted by molar-refractivity contribution is 5.82. The van der Waals surface area contributed by atoms with Crippen molar-refractivity contribution in [2.45, 2.75) is 46.1 Å². The number of carbonyl (C=O) groups excluding carboxylic acids is 1. The highest BCUT2D eigenvalue weighted by Crippen LogP contribution is 2.25. The van der Waals surface area contributed by atoms with E-state index in [9.17, 15) is 4.79 Å². The molecule has 0 heterocycles. The Balaban J connectivity index is 2.94. The molecule has 1 aromatic rings. The number of rotatable bonds is 9. The maximum absolute atomic E-state index is 12.3. The molecule has 1 atom stereocenters. The Morgan fingerprint density at radius 2 is 1.81 bits per heavy atom. The molecule has 0 spiro atoms. The lowest BCUT2D eigenvalue weighted by molar-refractivity contribution is -0.151. The fourth-order valence-electron chi connectivity index (χ4n) is 2.05. The van der Waals surface area contributed by atoms with E-state index in [0.717, 1.165) is 30.7 Å². The van der Waals surface area contributed by atoms with Crippen molar-refractivity contribution >= 4 is 5.97 Å². The first-order valence-corrected chi connectivity index (χ1v) is 7.74. The van der Waals surface area contributed by atoms with E-state index in [1.54, 1.807) is 0 Å². The summed E-state index contributed by atoms with van der Waals surface area (Å²) in [5.41, 5.74) is 0.0632. The summed E-state index contributed by atoms with van der Waals surface area (Å²) >= 11 is 0. The van der Waals surface area contributed by atoms with E-state index in [-0.39, 0.29) is 5.97 Å². The largest absolute Gasteiger partial charge is 0.494 e. The number of benzene rings is 1. The van der Waals surface area contributed by atoms with Gasteiger partial charge in [-0.05, 0) is 50.9 Å². The molecule has 0 aliphatic carbocycles. The lowest BCUT2D eigenvalue weighted by atomic mass is 9.91. The Bertz CT molecular complexity index is 430. The van der Waals surface area contributed by atoms with Crippen LogP contribution in [-0.2, 0) is 15.1 Å². The van der Waals surface area contributed by atoms with Crippen LogP contribution < -0.4 is 10.1 Å². The number of ether oxygens (including phenoxy) is 2. The van der Waals surface area contributed by atoms with Gasteiger partial charge in [-0.2, -0.15) is 0 Å². The van der Waals surface area contributed by atoms with Crippen molar-refractivity contribution in [2.24, 2.45) is 0 Å². The van der Waals surface area contributed by atoms with Crippen LogP contribution in [-0.4, -0.2) is 25.7 Å². The zero-order valence-electron chi connectivity index (χ0n) is 13.6. The SMILES string of the molecule is CCCNC(C)(C(=O)OCC)c1ccc(OCCC)cc1. The molecule has 0 aromatic heterocycles. The molecule has 0 radical (unpaired) electrons. The van der Waals surface area contributed by atoms with Crippen LogP contribution in [0.4, 0.5) is 0 Å². The van der Waals surface area contributed by atoms with E-state index in [0.29, 0.717) is 13.2 Å². The summed E-state index contributed by atoms with van der Waals surface area (Å²) < 4.78 is 10.8. The van der Waals surface area contributed by atoms with Gasteiger partial charge in [0.2, 0.25) is 0 Å². The summed E-state index contributed by atoms with van der Waals surface area (Å²) in [6, 6.07) is 7.64. The zero-order chi connectivity index (χ0) is 15.7. The quantitative estimate of drug-likeness (QED) is 0.710. The van der Waals surface area contributed by atoms with E-state index in [1.165, 1.54) is 0 Å². The Labute approximate surface area is 127 Å². The van der Waals surface area contributed by atoms with Gasteiger partial charge < -0.3 is 9.47 Å². The van der Waals surface area contributed by atoms with Crippen molar-refractivity contribution in [1.29, 1.82) is 0 Å². The van der Waals surface area contributed by atoms with E-state index in [4.69, 9.17) is 9.47 Å². The molecular formula is C17H27NO3. The number of nitrogens with one attached hydrogen (secondary N) is 1. The molecule has 1 unspecified atom stereocenters. The van der Waals surface area contributed by atoms with Gasteiger partial charge in [-0.25, -0.2) is 4.79 Å². The number of carbonyl (C=O) groups is 1. The van der Waals surface area contributed by atoms with Crippen LogP contribution in [0.1, 0.15) is 46.1 Å². The molecule has 0 aliphatic rings. The molecule has 0 bridgehead atoms. The maximum Gasteiger partial charge on any atom is 0.330 e. The third-order valence-corrected chi connectivity index (χ3v) is 3.32. The molecule has 1 aromatic carbocycles. The lowest BCUT2D eigenvalue weighted by Gasteiger charge is -2.29. The summed E-state index contributed by atoms with van der Waals surface area (Å²) in [5, 5.41) is 3.29. The molecule has 1 rings (SSSR count). The van der Waals surface area contributed by atoms with Crippen LogP contribution in [0.5, 0.6) is 5.75 Å². The van der Waals surface area contributed by atoms with Gasteiger partial charge in [-0.3, -0.25) is 5.32 Å². The summed E-state index contributed by atoms with van der Waals surface area (Å²) in [4.78, 5) is 12.3. The fraction of sp³-hybridized carbons (Fsp3) is 0.588. The van der Waals surface area contributed by atoms with E-state index < -0.39 is 5.54 Å². The summed E-state index contributed by atoms with van der Waals surface area (Å²) in [5.74, 6) is 0.572. The topological polar surface area (TPSA) is 47.6 Å². The van der Waals surface area contributed by atoms with Gasteiger partial charge in [0, 0.05) is 0 Å². The van der Waals surface area contributed by atoms with Gasteiger partial charge in [0.15, 0.2) is 0 Å². The first-order chi connectivity index (χ1) is 10.1. The first kappa shape index (κ1) is 17.5. The summed E-state index contributed by atoms with van der Waals surface area (Å²) in [7, 11) is 0. The van der Waals surface area contributed by atoms with Crippen LogP contribution in [0.15, 0.2) is 24.3 Å². The Morgan fingerprint density at radius 3 is 2.33 bits per heavy atom. The van der Waals surface area contributed by atoms with Gasteiger partial charge >= 0.3 is 5.97 Å². The van der Waals surface area contributed by atoms with E-state index in [2.05, 4.69) is 19.2 Å². The van der Waals surface area contributed by atoms with Crippen molar-refractivity contribution in [3.05, 3.63) is 29.8 Å². The van der Waals surface area contributed by atoms with E-state index >= 15 is 0 Å². The number of hydrogen-bond acceptors (Lipinski definition) is 4. The highest BCUT2D eigenvalue weighted by Gasteiger charge is 2.36. The van der Waals surface area contributed by atoms with Crippen molar-refractivity contribution in [1.82, 2.24) is 5.32 Å². The number of esters is 1. The molecule has 0 amide bonds. The zero-order valence-corrected chi connectivity index (χ0v) is 13.6. The Kier molecular flexibility index (Phi) is 7.23. The van der Waals surface area contributed by atoms with Gasteiger partial charge in [-0.1, -0.05) is 26.0 Å². The average molecular weight is 293 g/mol. The molecular weight excluding hydrogens is 266 g/mol. The minimum absolute atomic E-state index is 0.249. The molecule has 4 heteroatoms. The first-order valence-electron chi connectivity index (χ1n) is 7.74. The minimum Gasteiger partial charge on any atom is -0.494 e. The molecule has 0 fully saturated rings. The third-order valence-electron chi connectivity index (χ3n) is 3.32. The predicted molar refractivity (Wildman–Crippen MR) is 84.5 cm³/mol. The van der Waals surface area contributed by atoms with Crippen molar-refractivity contribution < 1.29 is 14.3 Å². The van der Waals surface area contributed by atoms with Crippen LogP contribution in [0, 0.1) is 0 Å². The highest BCUT2D eigenvalue weighted by atomic mass is 16.5. The summed E-state index contributed by atoms with van der Waals surface area (Å²) in [6.45, 7) is 9.65. The molecule has 4 nitrogen and oxygen atoms in total. The van der Waals surface area contributed by atoms with Crippen molar-refractivity contribution in [3.63, 3.8) is 0 Å². The summed E-state index contributed by atoms with van der Waals surface area (Å²) in [6.07, 6.45) is 1.92. The van der Waals surface area contributed by atoms with Crippen LogP contribution in [0.2, 0.25) is 0 Å². The van der Waals surface area contributed by atoms with Gasteiger partial charge in [-0.15, -0.1) is 0 Å². The molecule has 0 saturated heterocycles. The van der Waals surface area contributed by atoms with Crippen molar-refractivity contribution in [3.8, 4) is 5.75 Å². The second kappa shape index (κ2) is 8.67. The van der Waals surface area contributed by atoms with Crippen molar-refractivity contribution in [2.75, 3.05) is 19.8 Å². The minimum atomic E-state index is -0.824. The molecule has 0 saturated carbocycles. The van der Waals surface area contributed by atoms with Crippen LogP contribution >= 0.6 is 0 Å². The molecule has 0 aliphatic heterocycles. The Hall–Kier alpha value is -1.55. The average Bonchev–Trinajstić information content (AvgIpc) is 2.51. The maximum atomic E-state index is 12.3. The molecule has 21 heavy (non-hydrogen) atoms. The predicted octanol–water partition coefficient (Wildman–Crippen LogP) is 3.25. The lowest BCUT2D eigenvalue weighted by Crippen LogP contribution is -2.48. The standard InChI is InChI=1S/C17H27NO3/c1-5-12-18-17(4,16(19)20-7-3)14-8-10-15(11-9-14)21-13-6-2/h8-11,18H,5-7,12-13H2,1-4H3. The van der Waals surface area contributed by atoms with E-state index in [1.807, 2.05) is 38.1 Å². The molecule has 118 valence electrons. The van der Waals surface area contributed by atoms with Crippen LogP contribution in [0.25, 0.3) is 0 Å². The second-order valence-electron chi connectivity index (χ2n) is 5.15. The third kappa shape index (κ3) is 4.74. The van der Waals surface area contributed by atoms with Gasteiger partial charge in [0.05, 0.1) is 13.2 Å². The molecule has 1 N–H and O–H groups in total. The Morgan fingerprint density at radius 1 is 1.14 bits per heavy atom. The smallest absolute Gasteiger partial charge is 0.330 e. The number of hydrogen-bond donors (Lipinski definition) is 1. The normalized spacial score (nSPS) is 13.5. The monoisotopic (exact) mass is 293 g/mol. The fourth-order valence-corrected chi connectivity index (χ4v) is 2.05.